The molecule has 1 aliphatic rings. The maximum atomic E-state index is 15.4. The van der Waals surface area contributed by atoms with Gasteiger partial charge in [-0.15, -0.1) is 0 Å². The minimum absolute atomic E-state index is 0.209. The Labute approximate surface area is 270 Å². The van der Waals surface area contributed by atoms with Gasteiger partial charge < -0.3 is 10.6 Å². The van der Waals surface area contributed by atoms with Gasteiger partial charge in [0.15, 0.2) is 0 Å². The summed E-state index contributed by atoms with van der Waals surface area (Å²) in [4.78, 5) is 14.1. The van der Waals surface area contributed by atoms with Crippen LogP contribution in [0.25, 0.3) is 0 Å². The summed E-state index contributed by atoms with van der Waals surface area (Å²) in [5.41, 5.74) is 4.02. The molecule has 5 rings (SSSR count). The molecule has 1 heterocycles. The summed E-state index contributed by atoms with van der Waals surface area (Å²) in [6.07, 6.45) is 0.554. The van der Waals surface area contributed by atoms with Crippen molar-refractivity contribution >= 4 is 21.6 Å². The smallest absolute Gasteiger partial charge is 0.243 e. The molecular weight excluding hydrogens is 604 g/mol. The summed E-state index contributed by atoms with van der Waals surface area (Å²) in [6.45, 7) is 8.38. The molecular formula is C37H41F2N3O3S. The number of halogens is 2. The molecule has 4 atom stereocenters. The number of sulfonamides is 1. The van der Waals surface area contributed by atoms with E-state index in [-0.39, 0.29) is 29.1 Å². The first-order valence-electron chi connectivity index (χ1n) is 15.7. The first-order chi connectivity index (χ1) is 22.0. The Morgan fingerprint density at radius 2 is 1.63 bits per heavy atom. The third kappa shape index (κ3) is 7.38. The van der Waals surface area contributed by atoms with Crippen molar-refractivity contribution in [3.63, 3.8) is 0 Å². The highest BCUT2D eigenvalue weighted by Gasteiger charge is 2.38. The van der Waals surface area contributed by atoms with Gasteiger partial charge in [0.2, 0.25) is 15.9 Å². The Hall–Kier alpha value is -3.92. The lowest BCUT2D eigenvalue weighted by Crippen LogP contribution is -2.58. The van der Waals surface area contributed by atoms with Gasteiger partial charge in [0, 0.05) is 48.3 Å². The minimum Gasteiger partial charge on any atom is -0.325 e. The lowest BCUT2D eigenvalue weighted by molar-refractivity contribution is -0.119. The van der Waals surface area contributed by atoms with E-state index >= 15 is 4.39 Å². The fraction of sp³-hybridized carbons (Fsp3) is 0.324. The van der Waals surface area contributed by atoms with Crippen molar-refractivity contribution in [1.82, 2.24) is 9.62 Å². The number of carbonyl (C=O) groups is 1. The van der Waals surface area contributed by atoms with Gasteiger partial charge in [-0.25, -0.2) is 17.2 Å². The van der Waals surface area contributed by atoms with Gasteiger partial charge in [-0.1, -0.05) is 67.1 Å². The number of benzene rings is 4. The van der Waals surface area contributed by atoms with Crippen molar-refractivity contribution in [3.05, 3.63) is 130 Å². The van der Waals surface area contributed by atoms with Crippen LogP contribution in [-0.4, -0.2) is 43.8 Å². The minimum atomic E-state index is -3.78. The number of carbonyl (C=O) groups excluding carboxylic acids is 1. The average molecular weight is 646 g/mol. The largest absolute Gasteiger partial charge is 0.325 e. The predicted octanol–water partition coefficient (Wildman–Crippen LogP) is 6.97. The molecule has 0 aromatic heterocycles. The summed E-state index contributed by atoms with van der Waals surface area (Å²) in [5, 5.41) is 6.26. The predicted molar refractivity (Wildman–Crippen MR) is 178 cm³/mol. The summed E-state index contributed by atoms with van der Waals surface area (Å²) in [7, 11) is -3.78. The summed E-state index contributed by atoms with van der Waals surface area (Å²) >= 11 is 0. The Kier molecular flexibility index (Phi) is 10.4. The zero-order valence-electron chi connectivity index (χ0n) is 26.6. The van der Waals surface area contributed by atoms with Crippen LogP contribution in [0.15, 0.2) is 95.9 Å². The van der Waals surface area contributed by atoms with Gasteiger partial charge >= 0.3 is 0 Å². The van der Waals surface area contributed by atoms with Gasteiger partial charge in [-0.3, -0.25) is 4.79 Å². The molecule has 4 aromatic carbocycles. The number of amides is 1. The number of rotatable bonds is 10. The van der Waals surface area contributed by atoms with Gasteiger partial charge in [-0.05, 0) is 86.7 Å². The highest BCUT2D eigenvalue weighted by molar-refractivity contribution is 7.89. The van der Waals surface area contributed by atoms with Crippen LogP contribution in [0.2, 0.25) is 0 Å². The second kappa shape index (κ2) is 14.2. The molecule has 0 radical (unpaired) electrons. The standard InChI is InChI=1S/C37H41F2N3O3S/c1-24-13-15-28(16-14-24)36(29-19-25(2)20-30(38)21-29)27(4)37(43)41-35-12-8-11-34(39)33(35)18-17-31-23-40-22-26(3)42(31)46(44,45)32-9-6-5-7-10-32/h5-16,19-21,26-27,31,36,40H,17-18,22-23H2,1-4H3,(H,41,43)/t26-,27-,31-,36-/m0/s1. The average Bonchev–Trinajstić information content (AvgIpc) is 3.01. The number of nitrogens with zero attached hydrogens (tertiary/aromatic N) is 1. The third-order valence-electron chi connectivity index (χ3n) is 8.81. The van der Waals surface area contributed by atoms with Crippen molar-refractivity contribution in [2.24, 2.45) is 5.92 Å². The van der Waals surface area contributed by atoms with Crippen molar-refractivity contribution in [2.75, 3.05) is 18.4 Å². The number of hydrogen-bond donors (Lipinski definition) is 2. The second-order valence-electron chi connectivity index (χ2n) is 12.3. The van der Waals surface area contributed by atoms with Gasteiger partial charge in [-0.2, -0.15) is 4.31 Å². The van der Waals surface area contributed by atoms with Crippen LogP contribution in [0.1, 0.15) is 54.0 Å². The van der Waals surface area contributed by atoms with E-state index in [4.69, 9.17) is 0 Å². The highest BCUT2D eigenvalue weighted by atomic mass is 32.2. The molecule has 1 fully saturated rings. The third-order valence-corrected chi connectivity index (χ3v) is 10.9. The molecule has 0 spiro atoms. The maximum Gasteiger partial charge on any atom is 0.243 e. The molecule has 9 heteroatoms. The summed E-state index contributed by atoms with van der Waals surface area (Å²) < 4.78 is 58.8. The van der Waals surface area contributed by atoms with E-state index in [1.54, 1.807) is 49.4 Å². The van der Waals surface area contributed by atoms with Crippen molar-refractivity contribution in [1.29, 1.82) is 0 Å². The Morgan fingerprint density at radius 3 is 2.33 bits per heavy atom. The molecule has 0 unspecified atom stereocenters. The molecule has 46 heavy (non-hydrogen) atoms. The molecule has 4 aromatic rings. The molecule has 1 amide bonds. The molecule has 1 aliphatic heterocycles. The van der Waals surface area contributed by atoms with E-state index in [0.717, 1.165) is 16.7 Å². The zero-order chi connectivity index (χ0) is 33.0. The van der Waals surface area contributed by atoms with E-state index in [2.05, 4.69) is 10.6 Å². The first kappa shape index (κ1) is 33.4. The quantitative estimate of drug-likeness (QED) is 0.195. The van der Waals surface area contributed by atoms with Crippen LogP contribution in [0.3, 0.4) is 0 Å². The molecule has 2 N–H and O–H groups in total. The Morgan fingerprint density at radius 1 is 0.913 bits per heavy atom. The molecule has 242 valence electrons. The highest BCUT2D eigenvalue weighted by Crippen LogP contribution is 2.35. The molecule has 1 saturated heterocycles. The van der Waals surface area contributed by atoms with E-state index in [9.17, 15) is 17.6 Å². The number of anilines is 1. The van der Waals surface area contributed by atoms with E-state index < -0.39 is 33.7 Å². The lowest BCUT2D eigenvalue weighted by Gasteiger charge is -2.40. The molecule has 0 aliphatic carbocycles. The monoisotopic (exact) mass is 645 g/mol. The maximum absolute atomic E-state index is 15.4. The van der Waals surface area contributed by atoms with Gasteiger partial charge in [0.25, 0.3) is 0 Å². The van der Waals surface area contributed by atoms with Crippen molar-refractivity contribution in [3.8, 4) is 0 Å². The lowest BCUT2D eigenvalue weighted by atomic mass is 9.80. The molecule has 0 bridgehead atoms. The van der Waals surface area contributed by atoms with Crippen LogP contribution < -0.4 is 10.6 Å². The SMILES string of the molecule is Cc1ccc([C@@H](c2cc(C)cc(F)c2)[C@H](C)C(=O)Nc2cccc(F)c2CC[C@H]2CNC[C@H](C)N2S(=O)(=O)c2ccccc2)cc1. The fourth-order valence-electron chi connectivity index (χ4n) is 6.50. The number of hydrogen-bond acceptors (Lipinski definition) is 4. The molecule has 0 saturated carbocycles. The number of nitrogens with one attached hydrogen (secondary N) is 2. The second-order valence-corrected chi connectivity index (χ2v) is 14.2. The summed E-state index contributed by atoms with van der Waals surface area (Å²) in [5.74, 6) is -2.26. The fourth-order valence-corrected chi connectivity index (χ4v) is 8.37. The van der Waals surface area contributed by atoms with E-state index in [1.807, 2.05) is 51.1 Å². The van der Waals surface area contributed by atoms with Gasteiger partial charge in [0.1, 0.15) is 11.6 Å². The van der Waals surface area contributed by atoms with Crippen molar-refractivity contribution in [2.45, 2.75) is 63.4 Å². The van der Waals surface area contributed by atoms with E-state index in [1.165, 1.54) is 22.5 Å². The first-order valence-corrected chi connectivity index (χ1v) is 17.1. The topological polar surface area (TPSA) is 78.5 Å². The molecule has 6 nitrogen and oxygen atoms in total. The van der Waals surface area contributed by atoms with E-state index in [0.29, 0.717) is 36.3 Å². The summed E-state index contributed by atoms with van der Waals surface area (Å²) in [6, 6.07) is 24.8. The van der Waals surface area contributed by atoms with Crippen LogP contribution in [0.5, 0.6) is 0 Å². The van der Waals surface area contributed by atoms with Crippen LogP contribution in [-0.2, 0) is 21.2 Å². The zero-order valence-corrected chi connectivity index (χ0v) is 27.5. The van der Waals surface area contributed by atoms with Crippen LogP contribution in [0.4, 0.5) is 14.5 Å². The normalized spacial score (nSPS) is 18.6. The number of piperazine rings is 1. The van der Waals surface area contributed by atoms with Crippen LogP contribution >= 0.6 is 0 Å². The van der Waals surface area contributed by atoms with Crippen molar-refractivity contribution < 1.29 is 22.0 Å². The Bertz CT molecular complexity index is 1760. The number of aryl methyl sites for hydroxylation is 2. The Balaban J connectivity index is 1.39. The van der Waals surface area contributed by atoms with Crippen LogP contribution in [0, 0.1) is 31.4 Å². The van der Waals surface area contributed by atoms with Gasteiger partial charge in [0.05, 0.1) is 4.90 Å².